The van der Waals surface area contributed by atoms with Crippen molar-refractivity contribution in [3.63, 3.8) is 0 Å². The van der Waals surface area contributed by atoms with Crippen LogP contribution >= 0.6 is 11.3 Å². The predicted molar refractivity (Wildman–Crippen MR) is 83.8 cm³/mol. The molecular weight excluding hydrogens is 329 g/mol. The van der Waals surface area contributed by atoms with Gasteiger partial charge in [-0.3, -0.25) is 4.99 Å². The van der Waals surface area contributed by atoms with Crippen molar-refractivity contribution in [3.8, 4) is 5.75 Å². The normalized spacial score (nSPS) is 12.3. The number of nitrogens with zero attached hydrogens (tertiary/aromatic N) is 2. The van der Waals surface area contributed by atoms with E-state index in [0.717, 1.165) is 9.88 Å². The van der Waals surface area contributed by atoms with Gasteiger partial charge >= 0.3 is 6.36 Å². The molecule has 2 rings (SSSR count). The Morgan fingerprint density at radius 1 is 1.39 bits per heavy atom. The lowest BCUT2D eigenvalue weighted by Crippen LogP contribution is -2.24. The van der Waals surface area contributed by atoms with Crippen molar-refractivity contribution in [2.24, 2.45) is 10.7 Å². The first-order chi connectivity index (χ1) is 10.8. The van der Waals surface area contributed by atoms with E-state index in [-0.39, 0.29) is 17.4 Å². The first-order valence-electron chi connectivity index (χ1n) is 6.66. The van der Waals surface area contributed by atoms with E-state index in [0.29, 0.717) is 13.0 Å². The van der Waals surface area contributed by atoms with E-state index < -0.39 is 6.36 Å². The summed E-state index contributed by atoms with van der Waals surface area (Å²) in [7, 11) is 0. The molecule has 23 heavy (non-hydrogen) atoms. The first-order valence-corrected chi connectivity index (χ1v) is 7.48. The minimum absolute atomic E-state index is 0.0107. The van der Waals surface area contributed by atoms with Gasteiger partial charge in [0.25, 0.3) is 0 Å². The van der Waals surface area contributed by atoms with Crippen molar-refractivity contribution >= 4 is 23.0 Å². The van der Waals surface area contributed by atoms with Crippen LogP contribution in [0.25, 0.3) is 0 Å². The molecule has 0 aliphatic heterocycles. The molecule has 1 heterocycles. The Morgan fingerprint density at radius 3 is 2.78 bits per heavy atom. The summed E-state index contributed by atoms with van der Waals surface area (Å²) >= 11 is 1.57. The van der Waals surface area contributed by atoms with Gasteiger partial charge in [0.15, 0.2) is 11.7 Å². The second kappa shape index (κ2) is 7.32. The quantitative estimate of drug-likeness (QED) is 0.645. The number of alkyl halides is 3. The monoisotopic (exact) mass is 344 g/mol. The van der Waals surface area contributed by atoms with E-state index in [2.05, 4.69) is 20.0 Å². The molecule has 0 amide bonds. The molecule has 0 aliphatic rings. The van der Waals surface area contributed by atoms with Gasteiger partial charge in [0.1, 0.15) is 0 Å². The number of aliphatic imine (C=N–C) groups is 1. The zero-order valence-corrected chi connectivity index (χ0v) is 13.0. The van der Waals surface area contributed by atoms with Crippen molar-refractivity contribution in [1.29, 1.82) is 0 Å². The fourth-order valence-electron chi connectivity index (χ4n) is 1.75. The van der Waals surface area contributed by atoms with E-state index in [1.54, 1.807) is 23.6 Å². The Hall–Kier alpha value is -2.29. The number of benzene rings is 1. The van der Waals surface area contributed by atoms with Gasteiger partial charge in [0.2, 0.25) is 0 Å². The zero-order chi connectivity index (χ0) is 16.9. The van der Waals surface area contributed by atoms with Crippen LogP contribution in [-0.4, -0.2) is 23.9 Å². The highest BCUT2D eigenvalue weighted by atomic mass is 32.1. The number of hydrogen-bond acceptors (Lipinski definition) is 4. The SMILES string of the molecule is Cc1cnc(CCN=C(N)Nc2ccccc2OC(F)(F)F)s1. The number of thiazole rings is 1. The van der Waals surface area contributed by atoms with E-state index in [1.165, 1.54) is 18.2 Å². The largest absolute Gasteiger partial charge is 0.573 e. The molecule has 2 aromatic rings. The fraction of sp³-hybridized carbons (Fsp3) is 0.286. The van der Waals surface area contributed by atoms with Gasteiger partial charge in [-0.05, 0) is 19.1 Å². The fourth-order valence-corrected chi connectivity index (χ4v) is 2.53. The molecule has 0 saturated heterocycles. The summed E-state index contributed by atoms with van der Waals surface area (Å²) in [6, 6.07) is 5.62. The lowest BCUT2D eigenvalue weighted by Gasteiger charge is -2.14. The molecule has 9 heteroatoms. The molecule has 0 bridgehead atoms. The van der Waals surface area contributed by atoms with Gasteiger partial charge in [-0.15, -0.1) is 24.5 Å². The third kappa shape index (κ3) is 5.78. The standard InChI is InChI=1S/C14H15F3N4OS/c1-9-8-20-12(23-9)6-7-19-13(18)21-10-4-2-3-5-11(10)22-14(15,16)17/h2-5,8H,6-7H2,1H3,(H3,18,19,21). The number of hydrogen-bond donors (Lipinski definition) is 2. The van der Waals surface area contributed by atoms with Crippen molar-refractivity contribution in [3.05, 3.63) is 40.3 Å². The molecule has 0 spiro atoms. The number of ether oxygens (including phenoxy) is 1. The number of halogens is 3. The molecular formula is C14H15F3N4OS. The number of aromatic nitrogens is 1. The Kier molecular flexibility index (Phi) is 5.43. The molecule has 1 aromatic heterocycles. The maximum atomic E-state index is 12.3. The summed E-state index contributed by atoms with van der Waals surface area (Å²) in [4.78, 5) is 9.37. The summed E-state index contributed by atoms with van der Waals surface area (Å²) in [5.74, 6) is -0.356. The van der Waals surface area contributed by atoms with E-state index in [9.17, 15) is 13.2 Å². The minimum Gasteiger partial charge on any atom is -0.404 e. The molecule has 0 radical (unpaired) electrons. The van der Waals surface area contributed by atoms with Gasteiger partial charge in [-0.25, -0.2) is 4.98 Å². The molecule has 0 aliphatic carbocycles. The van der Waals surface area contributed by atoms with Crippen molar-refractivity contribution in [2.45, 2.75) is 19.7 Å². The third-order valence-electron chi connectivity index (χ3n) is 2.65. The Bertz CT molecular complexity index is 685. The van der Waals surface area contributed by atoms with Crippen molar-refractivity contribution in [1.82, 2.24) is 4.98 Å². The number of nitrogens with one attached hydrogen (secondary N) is 1. The summed E-state index contributed by atoms with van der Waals surface area (Å²) in [6.07, 6.45) is -2.38. The predicted octanol–water partition coefficient (Wildman–Crippen LogP) is 3.32. The van der Waals surface area contributed by atoms with Crippen LogP contribution in [0.1, 0.15) is 9.88 Å². The number of guanidine groups is 1. The van der Waals surface area contributed by atoms with Gasteiger partial charge in [0.05, 0.1) is 10.7 Å². The minimum atomic E-state index is -4.77. The number of aryl methyl sites for hydroxylation is 1. The molecule has 0 fully saturated rings. The topological polar surface area (TPSA) is 72.5 Å². The Morgan fingerprint density at radius 2 is 2.13 bits per heavy atom. The van der Waals surface area contributed by atoms with Crippen LogP contribution < -0.4 is 15.8 Å². The Balaban J connectivity index is 1.96. The van der Waals surface area contributed by atoms with Gasteiger partial charge in [-0.1, -0.05) is 12.1 Å². The molecule has 1 aromatic carbocycles. The van der Waals surface area contributed by atoms with Crippen LogP contribution in [0.5, 0.6) is 5.75 Å². The number of rotatable bonds is 5. The van der Waals surface area contributed by atoms with E-state index in [4.69, 9.17) is 5.73 Å². The van der Waals surface area contributed by atoms with Gasteiger partial charge in [0, 0.05) is 24.0 Å². The van der Waals surface area contributed by atoms with Crippen LogP contribution in [0.2, 0.25) is 0 Å². The second-order valence-corrected chi connectivity index (χ2v) is 5.87. The average molecular weight is 344 g/mol. The van der Waals surface area contributed by atoms with E-state index >= 15 is 0 Å². The molecule has 124 valence electrons. The highest BCUT2D eigenvalue weighted by molar-refractivity contribution is 7.11. The van der Waals surface area contributed by atoms with Crippen LogP contribution in [0.15, 0.2) is 35.5 Å². The highest BCUT2D eigenvalue weighted by Crippen LogP contribution is 2.29. The molecule has 0 saturated carbocycles. The lowest BCUT2D eigenvalue weighted by atomic mass is 10.3. The number of para-hydroxylation sites is 2. The van der Waals surface area contributed by atoms with Crippen molar-refractivity contribution < 1.29 is 17.9 Å². The molecule has 5 nitrogen and oxygen atoms in total. The van der Waals surface area contributed by atoms with Crippen LogP contribution in [0, 0.1) is 6.92 Å². The van der Waals surface area contributed by atoms with Gasteiger partial charge < -0.3 is 15.8 Å². The third-order valence-corrected chi connectivity index (χ3v) is 3.62. The number of nitrogens with two attached hydrogens (primary N) is 1. The highest BCUT2D eigenvalue weighted by Gasteiger charge is 2.32. The maximum Gasteiger partial charge on any atom is 0.573 e. The van der Waals surface area contributed by atoms with Gasteiger partial charge in [-0.2, -0.15) is 0 Å². The first kappa shape index (κ1) is 17.1. The van der Waals surface area contributed by atoms with Crippen molar-refractivity contribution in [2.75, 3.05) is 11.9 Å². The summed E-state index contributed by atoms with van der Waals surface area (Å²) in [6.45, 7) is 2.34. The molecule has 0 unspecified atom stereocenters. The summed E-state index contributed by atoms with van der Waals surface area (Å²) in [5.41, 5.74) is 5.79. The summed E-state index contributed by atoms with van der Waals surface area (Å²) in [5, 5.41) is 3.54. The van der Waals surface area contributed by atoms with Crippen LogP contribution in [0.3, 0.4) is 0 Å². The smallest absolute Gasteiger partial charge is 0.404 e. The van der Waals surface area contributed by atoms with Crippen LogP contribution in [0.4, 0.5) is 18.9 Å². The molecule has 0 atom stereocenters. The zero-order valence-electron chi connectivity index (χ0n) is 12.2. The Labute approximate surface area is 135 Å². The number of anilines is 1. The van der Waals surface area contributed by atoms with E-state index in [1.807, 2.05) is 6.92 Å². The second-order valence-electron chi connectivity index (χ2n) is 4.55. The summed E-state index contributed by atoms with van der Waals surface area (Å²) < 4.78 is 40.9. The average Bonchev–Trinajstić information content (AvgIpc) is 2.85. The molecule has 3 N–H and O–H groups in total. The lowest BCUT2D eigenvalue weighted by molar-refractivity contribution is -0.274. The maximum absolute atomic E-state index is 12.3. The van der Waals surface area contributed by atoms with Crippen LogP contribution in [-0.2, 0) is 6.42 Å².